The van der Waals surface area contributed by atoms with E-state index in [0.29, 0.717) is 23.1 Å². The van der Waals surface area contributed by atoms with Gasteiger partial charge in [-0.25, -0.2) is 0 Å². The van der Waals surface area contributed by atoms with E-state index in [9.17, 15) is 4.79 Å². The zero-order chi connectivity index (χ0) is 17.8. The number of piperidine rings is 1. The Morgan fingerprint density at radius 2 is 2.00 bits per heavy atom. The molecule has 0 spiro atoms. The van der Waals surface area contributed by atoms with Gasteiger partial charge in [0.05, 0.1) is 31.3 Å². The topological polar surface area (TPSA) is 66.4 Å². The van der Waals surface area contributed by atoms with E-state index in [1.54, 1.807) is 21.5 Å². The first-order valence-corrected chi connectivity index (χ1v) is 9.16. The molecule has 1 aromatic heterocycles. The molecular formula is C16H21ClN5O2S+. The van der Waals surface area contributed by atoms with Gasteiger partial charge >= 0.3 is 5.97 Å². The molecule has 2 aromatic rings. The lowest BCUT2D eigenvalue weighted by Gasteiger charge is -2.27. The molecule has 0 amide bonds. The van der Waals surface area contributed by atoms with Crippen LogP contribution in [0.15, 0.2) is 24.3 Å². The molecule has 2 heterocycles. The second kappa shape index (κ2) is 8.07. The first kappa shape index (κ1) is 18.0. The van der Waals surface area contributed by atoms with E-state index in [4.69, 9.17) is 28.6 Å². The minimum atomic E-state index is -0.0770. The Labute approximate surface area is 156 Å². The van der Waals surface area contributed by atoms with Gasteiger partial charge in [0, 0.05) is 17.9 Å². The third-order valence-electron chi connectivity index (χ3n) is 4.40. The summed E-state index contributed by atoms with van der Waals surface area (Å²) in [4.78, 5) is 13.1. The number of hydrogen-bond acceptors (Lipinski definition) is 5. The number of quaternary nitrogens is 1. The van der Waals surface area contributed by atoms with E-state index in [0.717, 1.165) is 31.6 Å². The molecule has 1 aliphatic rings. The van der Waals surface area contributed by atoms with Gasteiger partial charge < -0.3 is 9.64 Å². The number of hydrogen-bond donors (Lipinski definition) is 1. The number of nitrogens with one attached hydrogen (secondary N) is 1. The lowest BCUT2D eigenvalue weighted by molar-refractivity contribution is -0.929. The highest BCUT2D eigenvalue weighted by atomic mass is 35.5. The lowest BCUT2D eigenvalue weighted by atomic mass is 9.97. The van der Waals surface area contributed by atoms with Crippen molar-refractivity contribution in [2.45, 2.75) is 26.4 Å². The molecule has 1 saturated heterocycles. The van der Waals surface area contributed by atoms with E-state index in [2.05, 4.69) is 10.4 Å². The van der Waals surface area contributed by atoms with E-state index in [1.165, 1.54) is 4.90 Å². The molecule has 0 radical (unpaired) electrons. The Bertz CT molecular complexity index is 781. The zero-order valence-corrected chi connectivity index (χ0v) is 15.6. The van der Waals surface area contributed by atoms with Crippen molar-refractivity contribution in [2.24, 2.45) is 5.92 Å². The van der Waals surface area contributed by atoms with Crippen molar-refractivity contribution >= 4 is 29.8 Å². The number of rotatable bonds is 5. The van der Waals surface area contributed by atoms with Gasteiger partial charge in [0.2, 0.25) is 4.77 Å². The van der Waals surface area contributed by atoms with Crippen molar-refractivity contribution in [3.05, 3.63) is 34.1 Å². The molecule has 3 rings (SSSR count). The Balaban J connectivity index is 1.62. The summed E-state index contributed by atoms with van der Waals surface area (Å²) in [6.07, 6.45) is 1.65. The Morgan fingerprint density at radius 3 is 2.64 bits per heavy atom. The van der Waals surface area contributed by atoms with Crippen LogP contribution < -0.4 is 4.90 Å². The van der Waals surface area contributed by atoms with E-state index < -0.39 is 0 Å². The average molecular weight is 383 g/mol. The van der Waals surface area contributed by atoms with Gasteiger partial charge in [0.1, 0.15) is 0 Å². The number of halogens is 1. The van der Waals surface area contributed by atoms with E-state index >= 15 is 0 Å². The summed E-state index contributed by atoms with van der Waals surface area (Å²) in [5.74, 6) is -0.0618. The van der Waals surface area contributed by atoms with Crippen LogP contribution in [0.3, 0.4) is 0 Å². The van der Waals surface area contributed by atoms with Crippen LogP contribution in [-0.4, -0.2) is 45.5 Å². The Hall–Kier alpha value is -1.77. The minimum absolute atomic E-state index is 0.0152. The van der Waals surface area contributed by atoms with Crippen molar-refractivity contribution in [1.82, 2.24) is 19.8 Å². The fraction of sp³-hybridized carbons (Fsp3) is 0.500. The fourth-order valence-electron chi connectivity index (χ4n) is 3.01. The highest BCUT2D eigenvalue weighted by Gasteiger charge is 2.28. The highest BCUT2D eigenvalue weighted by Crippen LogP contribution is 2.13. The molecular weight excluding hydrogens is 362 g/mol. The SMILES string of the molecule is CCOC(=O)C1CC[NH+](Cn2nnn(-c3ccc(Cl)cc3)c2=S)CC1. The number of carbonyl (C=O) groups excluding carboxylic acids is 1. The molecule has 25 heavy (non-hydrogen) atoms. The van der Waals surface area contributed by atoms with E-state index in [-0.39, 0.29) is 11.9 Å². The summed E-state index contributed by atoms with van der Waals surface area (Å²) in [5, 5.41) is 8.98. The maximum atomic E-state index is 11.8. The summed E-state index contributed by atoms with van der Waals surface area (Å²) in [5.41, 5.74) is 0.830. The molecule has 0 bridgehead atoms. The quantitative estimate of drug-likeness (QED) is 0.623. The third-order valence-corrected chi connectivity index (χ3v) is 5.03. The van der Waals surface area contributed by atoms with Gasteiger partial charge in [0.15, 0.2) is 6.67 Å². The molecule has 0 unspecified atom stereocenters. The predicted molar refractivity (Wildman–Crippen MR) is 95.2 cm³/mol. The van der Waals surface area contributed by atoms with Crippen LogP contribution in [0.5, 0.6) is 0 Å². The fourth-order valence-corrected chi connectivity index (χ4v) is 3.38. The second-order valence-electron chi connectivity index (χ2n) is 6.08. The Kier molecular flexibility index (Phi) is 5.82. The van der Waals surface area contributed by atoms with Crippen molar-refractivity contribution in [3.8, 4) is 5.69 Å². The monoisotopic (exact) mass is 382 g/mol. The van der Waals surface area contributed by atoms with Crippen molar-refractivity contribution < 1.29 is 14.4 Å². The maximum absolute atomic E-state index is 11.8. The molecule has 0 saturated carbocycles. The number of carbonyl (C=O) groups is 1. The van der Waals surface area contributed by atoms with Crippen molar-refractivity contribution in [3.63, 3.8) is 0 Å². The number of aromatic nitrogens is 4. The summed E-state index contributed by atoms with van der Waals surface area (Å²) in [6, 6.07) is 7.30. The molecule has 1 aromatic carbocycles. The number of benzene rings is 1. The van der Waals surface area contributed by atoms with Gasteiger partial charge in [-0.3, -0.25) is 4.79 Å². The lowest BCUT2D eigenvalue weighted by Crippen LogP contribution is -3.12. The molecule has 134 valence electrons. The number of tetrazole rings is 1. The van der Waals surface area contributed by atoms with Crippen LogP contribution in [0, 0.1) is 10.7 Å². The summed E-state index contributed by atoms with van der Waals surface area (Å²) in [6.45, 7) is 4.69. The summed E-state index contributed by atoms with van der Waals surface area (Å²) < 4.78 is 9.00. The maximum Gasteiger partial charge on any atom is 0.309 e. The van der Waals surface area contributed by atoms with Gasteiger partial charge in [0.25, 0.3) is 0 Å². The number of esters is 1. The van der Waals surface area contributed by atoms with Crippen molar-refractivity contribution in [2.75, 3.05) is 19.7 Å². The van der Waals surface area contributed by atoms with Crippen LogP contribution >= 0.6 is 23.8 Å². The normalized spacial score (nSPS) is 20.4. The molecule has 0 aliphatic carbocycles. The van der Waals surface area contributed by atoms with E-state index in [1.807, 2.05) is 19.1 Å². The van der Waals surface area contributed by atoms with Crippen LogP contribution in [-0.2, 0) is 16.2 Å². The molecule has 7 nitrogen and oxygen atoms in total. The number of nitrogens with zero attached hydrogens (tertiary/aromatic N) is 4. The molecule has 9 heteroatoms. The molecule has 1 N–H and O–H groups in total. The molecule has 1 aliphatic heterocycles. The first-order chi connectivity index (χ1) is 12.1. The zero-order valence-electron chi connectivity index (χ0n) is 14.0. The van der Waals surface area contributed by atoms with Crippen LogP contribution in [0.4, 0.5) is 0 Å². The number of likely N-dealkylation sites (tertiary alicyclic amines) is 1. The van der Waals surface area contributed by atoms with Crippen LogP contribution in [0.1, 0.15) is 19.8 Å². The van der Waals surface area contributed by atoms with Gasteiger partial charge in [-0.15, -0.1) is 0 Å². The van der Waals surface area contributed by atoms with Gasteiger partial charge in [-0.05, 0) is 53.8 Å². The molecule has 0 atom stereocenters. The Morgan fingerprint density at radius 1 is 1.32 bits per heavy atom. The first-order valence-electron chi connectivity index (χ1n) is 8.37. The standard InChI is InChI=1S/C16H20ClN5O2S/c1-2-24-15(23)12-7-9-20(10-8-12)11-21-16(25)22(19-18-21)14-5-3-13(17)4-6-14/h3-6,12H,2,7-11H2,1H3/p+1. The van der Waals surface area contributed by atoms with Crippen LogP contribution in [0.2, 0.25) is 5.02 Å². The molecule has 1 fully saturated rings. The third kappa shape index (κ3) is 4.26. The summed E-state index contributed by atoms with van der Waals surface area (Å²) in [7, 11) is 0. The van der Waals surface area contributed by atoms with Crippen LogP contribution in [0.25, 0.3) is 5.69 Å². The predicted octanol–water partition coefficient (Wildman–Crippen LogP) is 1.27. The minimum Gasteiger partial charge on any atom is -0.466 e. The smallest absolute Gasteiger partial charge is 0.309 e. The van der Waals surface area contributed by atoms with Gasteiger partial charge in [-0.1, -0.05) is 11.6 Å². The van der Waals surface area contributed by atoms with Gasteiger partial charge in [-0.2, -0.15) is 9.36 Å². The second-order valence-corrected chi connectivity index (χ2v) is 6.89. The number of ether oxygens (including phenoxy) is 1. The van der Waals surface area contributed by atoms with Crippen molar-refractivity contribution in [1.29, 1.82) is 0 Å². The summed E-state index contributed by atoms with van der Waals surface area (Å²) >= 11 is 11.4. The highest BCUT2D eigenvalue weighted by molar-refractivity contribution is 7.71. The largest absolute Gasteiger partial charge is 0.466 e. The average Bonchev–Trinajstić information content (AvgIpc) is 2.97.